The minimum Gasteiger partial charge on any atom is -0.382 e. The molecule has 1 aromatic carbocycles. The molecule has 0 amide bonds. The van der Waals surface area contributed by atoms with Crippen molar-refractivity contribution in [2.45, 2.75) is 26.8 Å². The van der Waals surface area contributed by atoms with Gasteiger partial charge in [-0.05, 0) is 20.3 Å². The molecule has 130 valence electrons. The normalized spacial score (nSPS) is 10.8. The summed E-state index contributed by atoms with van der Waals surface area (Å²) in [6, 6.07) is 6.65. The monoisotopic (exact) mass is 436 g/mol. The van der Waals surface area contributed by atoms with Crippen molar-refractivity contribution in [2.75, 3.05) is 26.3 Å². The molecule has 0 heterocycles. The quantitative estimate of drug-likeness (QED) is 0.155. The second-order valence-corrected chi connectivity index (χ2v) is 4.56. The van der Waals surface area contributed by atoms with Crippen LogP contribution < -0.4 is 10.6 Å². The van der Waals surface area contributed by atoms with Crippen LogP contribution in [-0.4, -0.2) is 37.2 Å². The second-order valence-electron chi connectivity index (χ2n) is 4.56. The van der Waals surface area contributed by atoms with Crippen LogP contribution in [0.25, 0.3) is 0 Å². The van der Waals surface area contributed by atoms with Gasteiger partial charge in [0.15, 0.2) is 5.96 Å². The van der Waals surface area contributed by atoms with Gasteiger partial charge in [-0.3, -0.25) is 10.1 Å². The molecule has 0 aliphatic carbocycles. The van der Waals surface area contributed by atoms with Crippen LogP contribution in [0.2, 0.25) is 0 Å². The van der Waals surface area contributed by atoms with Crippen LogP contribution in [0.1, 0.15) is 25.8 Å². The first-order chi connectivity index (χ1) is 10.7. The SMILES string of the molecule is CCNC(=NCc1ccccc1[N+](=O)[O-])NCCCOCC.I. The van der Waals surface area contributed by atoms with E-state index in [9.17, 15) is 10.1 Å². The molecule has 2 N–H and O–H groups in total. The standard InChI is InChI=1S/C15H24N4O3.HI/c1-3-16-15(17-10-7-11-22-4-2)18-12-13-8-5-6-9-14(13)19(20)21;/h5-6,8-9H,3-4,7,10-12H2,1-2H3,(H2,16,17,18);1H. The number of hydrogen-bond acceptors (Lipinski definition) is 4. The summed E-state index contributed by atoms with van der Waals surface area (Å²) in [7, 11) is 0. The summed E-state index contributed by atoms with van der Waals surface area (Å²) >= 11 is 0. The Labute approximate surface area is 154 Å². The minimum absolute atomic E-state index is 0. The van der Waals surface area contributed by atoms with Crippen LogP contribution in [0.4, 0.5) is 5.69 Å². The number of para-hydroxylation sites is 1. The van der Waals surface area contributed by atoms with Gasteiger partial charge in [-0.25, -0.2) is 4.99 Å². The highest BCUT2D eigenvalue weighted by Gasteiger charge is 2.11. The number of aliphatic imine (C=N–C) groups is 1. The summed E-state index contributed by atoms with van der Waals surface area (Å²) in [5.74, 6) is 0.650. The zero-order valence-electron chi connectivity index (χ0n) is 13.6. The molecule has 23 heavy (non-hydrogen) atoms. The maximum atomic E-state index is 11.0. The molecule has 0 radical (unpaired) electrons. The average molecular weight is 436 g/mol. The van der Waals surface area contributed by atoms with E-state index in [4.69, 9.17) is 4.74 Å². The van der Waals surface area contributed by atoms with Crippen molar-refractivity contribution in [2.24, 2.45) is 4.99 Å². The van der Waals surface area contributed by atoms with E-state index in [0.717, 1.165) is 19.5 Å². The van der Waals surface area contributed by atoms with Gasteiger partial charge in [0.05, 0.1) is 17.0 Å². The van der Waals surface area contributed by atoms with Crippen molar-refractivity contribution in [1.29, 1.82) is 0 Å². The van der Waals surface area contributed by atoms with Crippen molar-refractivity contribution >= 4 is 35.6 Å². The fourth-order valence-corrected chi connectivity index (χ4v) is 1.85. The Balaban J connectivity index is 0.00000484. The molecular weight excluding hydrogens is 411 g/mol. The third kappa shape index (κ3) is 8.70. The molecule has 0 saturated heterocycles. The summed E-state index contributed by atoms with van der Waals surface area (Å²) in [5.41, 5.74) is 0.692. The van der Waals surface area contributed by atoms with Crippen LogP contribution >= 0.6 is 24.0 Å². The van der Waals surface area contributed by atoms with Crippen LogP contribution in [-0.2, 0) is 11.3 Å². The van der Waals surface area contributed by atoms with Gasteiger partial charge in [0.2, 0.25) is 0 Å². The Bertz CT molecular complexity index is 497. The lowest BCUT2D eigenvalue weighted by Gasteiger charge is -2.11. The topological polar surface area (TPSA) is 88.8 Å². The molecule has 7 nitrogen and oxygen atoms in total. The van der Waals surface area contributed by atoms with Crippen molar-refractivity contribution < 1.29 is 9.66 Å². The van der Waals surface area contributed by atoms with E-state index in [2.05, 4.69) is 15.6 Å². The van der Waals surface area contributed by atoms with Crippen molar-refractivity contribution in [1.82, 2.24) is 10.6 Å². The summed E-state index contributed by atoms with van der Waals surface area (Å²) in [6.45, 7) is 7.09. The number of ether oxygens (including phenoxy) is 1. The summed E-state index contributed by atoms with van der Waals surface area (Å²) in [6.07, 6.45) is 0.879. The summed E-state index contributed by atoms with van der Waals surface area (Å²) < 4.78 is 5.27. The highest BCUT2D eigenvalue weighted by atomic mass is 127. The fourth-order valence-electron chi connectivity index (χ4n) is 1.85. The van der Waals surface area contributed by atoms with E-state index >= 15 is 0 Å². The van der Waals surface area contributed by atoms with Crippen molar-refractivity contribution in [3.8, 4) is 0 Å². The van der Waals surface area contributed by atoms with Gasteiger partial charge in [-0.15, -0.1) is 24.0 Å². The van der Waals surface area contributed by atoms with E-state index in [1.54, 1.807) is 18.2 Å². The summed E-state index contributed by atoms with van der Waals surface area (Å²) in [5, 5.41) is 17.3. The predicted octanol–water partition coefficient (Wildman–Crippen LogP) is 2.69. The molecule has 1 aromatic rings. The Morgan fingerprint density at radius 2 is 2.04 bits per heavy atom. The molecular formula is C15H25IN4O3. The Morgan fingerprint density at radius 1 is 1.30 bits per heavy atom. The predicted molar refractivity (Wildman–Crippen MR) is 102 cm³/mol. The molecule has 1 rings (SSSR count). The van der Waals surface area contributed by atoms with Crippen molar-refractivity contribution in [3.63, 3.8) is 0 Å². The molecule has 0 unspecified atom stereocenters. The zero-order chi connectivity index (χ0) is 16.2. The number of rotatable bonds is 9. The van der Waals surface area contributed by atoms with Gasteiger partial charge in [0, 0.05) is 32.4 Å². The van der Waals surface area contributed by atoms with Crippen LogP contribution in [0.3, 0.4) is 0 Å². The van der Waals surface area contributed by atoms with Crippen molar-refractivity contribution in [3.05, 3.63) is 39.9 Å². The van der Waals surface area contributed by atoms with Gasteiger partial charge >= 0.3 is 0 Å². The van der Waals surface area contributed by atoms with E-state index < -0.39 is 0 Å². The molecule has 0 aromatic heterocycles. The number of nitrogens with one attached hydrogen (secondary N) is 2. The van der Waals surface area contributed by atoms with Gasteiger partial charge in [-0.2, -0.15) is 0 Å². The highest BCUT2D eigenvalue weighted by molar-refractivity contribution is 14.0. The third-order valence-electron chi connectivity index (χ3n) is 2.90. The molecule has 0 saturated carbocycles. The smallest absolute Gasteiger partial charge is 0.274 e. The van der Waals surface area contributed by atoms with Gasteiger partial charge in [0.1, 0.15) is 0 Å². The number of benzene rings is 1. The number of nitrogens with zero attached hydrogens (tertiary/aromatic N) is 2. The molecule has 0 atom stereocenters. The Morgan fingerprint density at radius 3 is 2.70 bits per heavy atom. The first-order valence-electron chi connectivity index (χ1n) is 7.51. The first kappa shape index (κ1) is 21.6. The van der Waals surface area contributed by atoms with Gasteiger partial charge < -0.3 is 15.4 Å². The summed E-state index contributed by atoms with van der Waals surface area (Å²) in [4.78, 5) is 15.0. The van der Waals surface area contributed by atoms with Crippen LogP contribution in [0.15, 0.2) is 29.3 Å². The van der Waals surface area contributed by atoms with E-state index in [1.165, 1.54) is 6.07 Å². The largest absolute Gasteiger partial charge is 0.382 e. The third-order valence-corrected chi connectivity index (χ3v) is 2.90. The fraction of sp³-hybridized carbons (Fsp3) is 0.533. The highest BCUT2D eigenvalue weighted by Crippen LogP contribution is 2.18. The molecule has 0 aliphatic heterocycles. The minimum atomic E-state index is -0.382. The lowest BCUT2D eigenvalue weighted by Crippen LogP contribution is -2.38. The number of nitro groups is 1. The van der Waals surface area contributed by atoms with Gasteiger partial charge in [0.25, 0.3) is 5.69 Å². The zero-order valence-corrected chi connectivity index (χ0v) is 15.9. The number of hydrogen-bond donors (Lipinski definition) is 2. The maximum absolute atomic E-state index is 11.0. The Hall–Kier alpha value is -1.42. The molecule has 0 fully saturated rings. The second kappa shape index (κ2) is 13.1. The lowest BCUT2D eigenvalue weighted by atomic mass is 10.2. The maximum Gasteiger partial charge on any atom is 0.274 e. The molecule has 0 aliphatic rings. The number of guanidine groups is 1. The number of halogens is 1. The lowest BCUT2D eigenvalue weighted by molar-refractivity contribution is -0.385. The van der Waals surface area contributed by atoms with Gasteiger partial charge in [-0.1, -0.05) is 18.2 Å². The van der Waals surface area contributed by atoms with Crippen LogP contribution in [0, 0.1) is 10.1 Å². The van der Waals surface area contributed by atoms with Crippen LogP contribution in [0.5, 0.6) is 0 Å². The van der Waals surface area contributed by atoms with E-state index in [0.29, 0.717) is 24.7 Å². The molecule has 0 bridgehead atoms. The first-order valence-corrected chi connectivity index (χ1v) is 7.51. The van der Waals surface area contributed by atoms with E-state index in [1.807, 2.05) is 13.8 Å². The molecule has 0 spiro atoms. The Kier molecular flexibility index (Phi) is 12.3. The molecule has 8 heteroatoms. The average Bonchev–Trinajstić information content (AvgIpc) is 2.52. The van der Waals surface area contributed by atoms with E-state index in [-0.39, 0.29) is 41.1 Å². The number of nitro benzene ring substituents is 1.